The van der Waals surface area contributed by atoms with Gasteiger partial charge in [0.1, 0.15) is 0 Å². The van der Waals surface area contributed by atoms with Gasteiger partial charge in [0.2, 0.25) is 0 Å². The number of fused-ring (bicyclic) bond motifs is 6. The quantitative estimate of drug-likeness (QED) is 0.324. The number of piperidine rings is 1. The van der Waals surface area contributed by atoms with Crippen LogP contribution in [-0.4, -0.2) is 73.4 Å². The number of hydrogen-bond acceptors (Lipinski definition) is 5. The maximum Gasteiger partial charge on any atom is 0.0787 e. The lowest BCUT2D eigenvalue weighted by atomic mass is 9.56. The molecule has 0 aromatic carbocycles. The van der Waals surface area contributed by atoms with Crippen molar-refractivity contribution in [3.63, 3.8) is 0 Å². The Hall–Kier alpha value is -0.460. The number of aliphatic hydroxyl groups is 1. The molecule has 39 heavy (non-hydrogen) atoms. The molecule has 7 rings (SSSR count). The number of nitrogens with zero attached hydrogens (tertiary/aromatic N) is 1. The topological polar surface area (TPSA) is 51.2 Å². The highest BCUT2D eigenvalue weighted by Gasteiger charge is 2.84. The van der Waals surface area contributed by atoms with E-state index in [1.807, 2.05) is 6.92 Å². The first-order chi connectivity index (χ1) is 18.7. The molecule has 5 heteroatoms. The van der Waals surface area contributed by atoms with Gasteiger partial charge in [-0.3, -0.25) is 4.90 Å². The van der Waals surface area contributed by atoms with Gasteiger partial charge in [-0.1, -0.05) is 39.3 Å². The summed E-state index contributed by atoms with van der Waals surface area (Å²) in [5.74, 6) is 3.82. The Morgan fingerprint density at radius 1 is 1.05 bits per heavy atom. The minimum atomic E-state index is -0.211. The van der Waals surface area contributed by atoms with Crippen molar-refractivity contribution in [3.05, 3.63) is 11.6 Å². The second-order valence-corrected chi connectivity index (χ2v) is 15.5. The highest BCUT2D eigenvalue weighted by atomic mass is 16.5. The fraction of sp³-hybridized carbons (Fsp3) is 0.941. The molecule has 2 aliphatic heterocycles. The summed E-state index contributed by atoms with van der Waals surface area (Å²) in [5.41, 5.74) is 2.74. The number of hydrogen-bond donors (Lipinski definition) is 1. The van der Waals surface area contributed by atoms with E-state index in [0.29, 0.717) is 53.4 Å². The van der Waals surface area contributed by atoms with Crippen molar-refractivity contribution in [1.29, 1.82) is 0 Å². The zero-order chi connectivity index (χ0) is 27.2. The number of ether oxygens (including phenoxy) is 3. The Balaban J connectivity index is 1.11. The molecule has 0 amide bonds. The van der Waals surface area contributed by atoms with Gasteiger partial charge < -0.3 is 19.3 Å². The summed E-state index contributed by atoms with van der Waals surface area (Å²) in [5, 5.41) is 10.4. The fourth-order valence-electron chi connectivity index (χ4n) is 12.3. The van der Waals surface area contributed by atoms with Crippen LogP contribution in [0.5, 0.6) is 0 Å². The molecule has 0 aromatic rings. The third-order valence-electron chi connectivity index (χ3n) is 14.1. The zero-order valence-corrected chi connectivity index (χ0v) is 25.4. The SMILES string of the molecule is CCOCCOCCN1C[C@@H](C)C[C@H]2O[C@]3(CC[C@H]4[C@@H]5CCC6=C[C@@H](O)CC[C@]6(C)[C@H]5CC45CC53C)[C@H](C)[C@@H]21. The third-order valence-corrected chi connectivity index (χ3v) is 14.1. The Kier molecular flexibility index (Phi) is 6.69. The minimum Gasteiger partial charge on any atom is -0.389 e. The highest BCUT2D eigenvalue weighted by Crippen LogP contribution is 2.87. The summed E-state index contributed by atoms with van der Waals surface area (Å²) in [7, 11) is 0. The number of likely N-dealkylation sites (tertiary alicyclic amines) is 1. The Morgan fingerprint density at radius 2 is 1.87 bits per heavy atom. The van der Waals surface area contributed by atoms with Crippen molar-refractivity contribution in [3.8, 4) is 0 Å². The van der Waals surface area contributed by atoms with Crippen LogP contribution < -0.4 is 0 Å². The summed E-state index contributed by atoms with van der Waals surface area (Å²) in [4.78, 5) is 2.75. The van der Waals surface area contributed by atoms with Gasteiger partial charge in [-0.2, -0.15) is 0 Å². The van der Waals surface area contributed by atoms with Crippen molar-refractivity contribution in [2.75, 3.05) is 39.5 Å². The molecule has 0 aromatic heterocycles. The number of rotatable bonds is 7. The predicted molar refractivity (Wildman–Crippen MR) is 153 cm³/mol. The normalized spacial score (nSPS) is 53.9. The maximum atomic E-state index is 10.4. The van der Waals surface area contributed by atoms with Gasteiger partial charge in [0.25, 0.3) is 0 Å². The molecule has 2 unspecified atom stereocenters. The van der Waals surface area contributed by atoms with Gasteiger partial charge in [-0.15, -0.1) is 0 Å². The molecule has 5 aliphatic carbocycles. The van der Waals surface area contributed by atoms with Gasteiger partial charge in [-0.05, 0) is 99.2 Å². The van der Waals surface area contributed by atoms with Crippen molar-refractivity contribution >= 4 is 0 Å². The van der Waals surface area contributed by atoms with Crippen LogP contribution in [0.4, 0.5) is 0 Å². The van der Waals surface area contributed by atoms with Crippen LogP contribution in [0.2, 0.25) is 0 Å². The first-order valence-electron chi connectivity index (χ1n) is 16.7. The molecule has 7 aliphatic rings. The van der Waals surface area contributed by atoms with E-state index < -0.39 is 0 Å². The summed E-state index contributed by atoms with van der Waals surface area (Å²) < 4.78 is 18.9. The second kappa shape index (κ2) is 9.53. The van der Waals surface area contributed by atoms with Crippen molar-refractivity contribution < 1.29 is 19.3 Å². The van der Waals surface area contributed by atoms with Crippen LogP contribution in [0, 0.1) is 45.8 Å². The van der Waals surface area contributed by atoms with Gasteiger partial charge in [0, 0.05) is 37.1 Å². The van der Waals surface area contributed by atoms with Crippen LogP contribution in [0.25, 0.3) is 0 Å². The van der Waals surface area contributed by atoms with Gasteiger partial charge in [0.05, 0.1) is 37.6 Å². The summed E-state index contributed by atoms with van der Waals surface area (Å²) >= 11 is 0. The number of allylic oxidation sites excluding steroid dienone is 1. The summed E-state index contributed by atoms with van der Waals surface area (Å²) in [6, 6.07) is 0.526. The van der Waals surface area contributed by atoms with Gasteiger partial charge in [-0.25, -0.2) is 0 Å². The van der Waals surface area contributed by atoms with Crippen LogP contribution in [-0.2, 0) is 14.2 Å². The van der Waals surface area contributed by atoms with Crippen molar-refractivity contribution in [2.45, 2.75) is 116 Å². The molecule has 6 fully saturated rings. The molecule has 0 radical (unpaired) electrons. The van der Waals surface area contributed by atoms with Crippen LogP contribution >= 0.6 is 0 Å². The standard InChI is InChI=1S/C34H55NO4/c1-6-37-15-16-38-14-13-35-20-22(2)17-29-30(35)23(3)34(39-29)12-10-27-26-8-7-24-18-25(36)9-11-31(24,4)28(26)19-33(27)21-32(33,34)5/h18,22-23,25-30,36H,6-17,19-21H2,1-5H3/t22-,23+,25-,26-,27-,28-,29+,30-,31-,32?,33?,34+/m0/s1. The largest absolute Gasteiger partial charge is 0.389 e. The molecule has 4 saturated carbocycles. The van der Waals surface area contributed by atoms with Crippen molar-refractivity contribution in [1.82, 2.24) is 4.90 Å². The van der Waals surface area contributed by atoms with E-state index in [-0.39, 0.29) is 11.7 Å². The molecular formula is C34H55NO4. The molecular weight excluding hydrogens is 486 g/mol. The first-order valence-corrected chi connectivity index (χ1v) is 16.7. The Bertz CT molecular complexity index is 984. The van der Waals surface area contributed by atoms with E-state index >= 15 is 0 Å². The van der Waals surface area contributed by atoms with E-state index in [1.54, 1.807) is 5.57 Å². The molecule has 2 heterocycles. The van der Waals surface area contributed by atoms with E-state index in [1.165, 1.54) is 57.9 Å². The second-order valence-electron chi connectivity index (χ2n) is 15.5. The van der Waals surface area contributed by atoms with E-state index in [2.05, 4.69) is 38.7 Å². The molecule has 220 valence electrons. The van der Waals surface area contributed by atoms with Gasteiger partial charge >= 0.3 is 0 Å². The Labute approximate surface area is 237 Å². The average molecular weight is 542 g/mol. The number of aliphatic hydroxyl groups excluding tert-OH is 1. The summed E-state index contributed by atoms with van der Waals surface area (Å²) in [6.45, 7) is 17.4. The third kappa shape index (κ3) is 3.74. The lowest BCUT2D eigenvalue weighted by Gasteiger charge is -2.50. The molecule has 1 N–H and O–H groups in total. The zero-order valence-electron chi connectivity index (χ0n) is 25.4. The molecule has 2 spiro atoms. The minimum absolute atomic E-state index is 0.0345. The van der Waals surface area contributed by atoms with Gasteiger partial charge in [0.15, 0.2) is 0 Å². The van der Waals surface area contributed by atoms with E-state index in [9.17, 15) is 5.11 Å². The maximum absolute atomic E-state index is 10.4. The summed E-state index contributed by atoms with van der Waals surface area (Å²) in [6.07, 6.45) is 13.8. The van der Waals surface area contributed by atoms with Crippen LogP contribution in [0.15, 0.2) is 11.6 Å². The predicted octanol–water partition coefficient (Wildman–Crippen LogP) is 5.85. The van der Waals surface area contributed by atoms with E-state index in [4.69, 9.17) is 14.2 Å². The molecule has 0 bridgehead atoms. The first kappa shape index (κ1) is 27.4. The lowest BCUT2D eigenvalue weighted by Crippen LogP contribution is -2.55. The lowest BCUT2D eigenvalue weighted by molar-refractivity contribution is -0.148. The molecule has 2 saturated heterocycles. The Morgan fingerprint density at radius 3 is 2.69 bits per heavy atom. The highest BCUT2D eigenvalue weighted by molar-refractivity contribution is 5.35. The molecule has 12 atom stereocenters. The van der Waals surface area contributed by atoms with E-state index in [0.717, 1.165) is 43.9 Å². The average Bonchev–Trinajstić information content (AvgIpc) is 3.24. The smallest absolute Gasteiger partial charge is 0.0787 e. The molecule has 5 nitrogen and oxygen atoms in total. The van der Waals surface area contributed by atoms with Crippen molar-refractivity contribution in [2.24, 2.45) is 45.8 Å². The fourth-order valence-corrected chi connectivity index (χ4v) is 12.3. The van der Waals surface area contributed by atoms with Crippen LogP contribution in [0.1, 0.15) is 92.4 Å². The van der Waals surface area contributed by atoms with Crippen LogP contribution in [0.3, 0.4) is 0 Å². The monoisotopic (exact) mass is 541 g/mol.